The van der Waals surface area contributed by atoms with E-state index in [0.717, 1.165) is 10.9 Å². The molecule has 0 atom stereocenters. The van der Waals surface area contributed by atoms with Gasteiger partial charge in [0.25, 0.3) is 0 Å². The minimum atomic E-state index is 0.218. The zero-order valence-electron chi connectivity index (χ0n) is 8.91. The molecule has 0 aliphatic heterocycles. The molecular weight excluding hydrogens is 216 g/mol. The van der Waals surface area contributed by atoms with Crippen molar-refractivity contribution in [2.24, 2.45) is 0 Å². The summed E-state index contributed by atoms with van der Waals surface area (Å²) >= 11 is 0. The van der Waals surface area contributed by atoms with Gasteiger partial charge in [-0.2, -0.15) is 10.1 Å². The number of nitrogens with zero attached hydrogens (tertiary/aromatic N) is 4. The van der Waals surface area contributed by atoms with E-state index in [0.29, 0.717) is 11.5 Å². The number of rotatable bonds is 1. The van der Waals surface area contributed by atoms with Crippen LogP contribution in [0.25, 0.3) is 16.7 Å². The summed E-state index contributed by atoms with van der Waals surface area (Å²) in [6.45, 7) is 0. The van der Waals surface area contributed by atoms with Crippen LogP contribution in [-0.2, 0) is 0 Å². The van der Waals surface area contributed by atoms with Gasteiger partial charge in [-0.1, -0.05) is 0 Å². The second-order valence-electron chi connectivity index (χ2n) is 3.65. The van der Waals surface area contributed by atoms with Crippen LogP contribution in [0.5, 0.6) is 0 Å². The Kier molecular flexibility index (Phi) is 1.94. The number of fused-ring (bicyclic) bond motifs is 1. The molecule has 6 nitrogen and oxygen atoms in total. The maximum atomic E-state index is 5.76. The van der Waals surface area contributed by atoms with Gasteiger partial charge in [-0.05, 0) is 18.2 Å². The smallest absolute Gasteiger partial charge is 0.221 e. The zero-order chi connectivity index (χ0) is 11.8. The molecule has 0 aliphatic carbocycles. The van der Waals surface area contributed by atoms with Crippen molar-refractivity contribution in [2.75, 3.05) is 11.5 Å². The van der Waals surface area contributed by atoms with Gasteiger partial charge >= 0.3 is 0 Å². The first-order valence-electron chi connectivity index (χ1n) is 5.06. The lowest BCUT2D eigenvalue weighted by Gasteiger charge is -2.03. The Bertz CT molecular complexity index is 687. The molecule has 0 radical (unpaired) electrons. The zero-order valence-corrected chi connectivity index (χ0v) is 8.91. The van der Waals surface area contributed by atoms with Crippen LogP contribution in [0.15, 0.2) is 36.7 Å². The Morgan fingerprint density at radius 2 is 2.00 bits per heavy atom. The normalized spacial score (nSPS) is 10.8. The quantitative estimate of drug-likeness (QED) is 0.603. The third-order valence-corrected chi connectivity index (χ3v) is 2.47. The van der Waals surface area contributed by atoms with Gasteiger partial charge in [0.1, 0.15) is 0 Å². The molecule has 0 aliphatic rings. The van der Waals surface area contributed by atoms with Crippen LogP contribution in [0.1, 0.15) is 0 Å². The van der Waals surface area contributed by atoms with Crippen LogP contribution in [0, 0.1) is 0 Å². The summed E-state index contributed by atoms with van der Waals surface area (Å²) in [5, 5.41) is 5.26. The van der Waals surface area contributed by atoms with E-state index in [2.05, 4.69) is 15.1 Å². The topological polar surface area (TPSA) is 95.6 Å². The standard InChI is InChI=1S/C11H10N6/c12-8-2-1-7-6-15-17(9(7)5-8)10-3-4-14-11(13)16-10/h1-6H,12H2,(H2,13,14,16). The monoisotopic (exact) mass is 226 g/mol. The first-order valence-corrected chi connectivity index (χ1v) is 5.06. The maximum Gasteiger partial charge on any atom is 0.221 e. The summed E-state index contributed by atoms with van der Waals surface area (Å²) < 4.78 is 1.68. The highest BCUT2D eigenvalue weighted by Gasteiger charge is 2.06. The van der Waals surface area contributed by atoms with Gasteiger partial charge in [-0.15, -0.1) is 0 Å². The molecule has 3 rings (SSSR count). The summed E-state index contributed by atoms with van der Waals surface area (Å²) in [5.41, 5.74) is 12.9. The van der Waals surface area contributed by atoms with Gasteiger partial charge in [0.2, 0.25) is 5.95 Å². The highest BCUT2D eigenvalue weighted by molar-refractivity contribution is 5.83. The minimum absolute atomic E-state index is 0.218. The Hall–Kier alpha value is -2.63. The molecule has 0 saturated carbocycles. The SMILES string of the molecule is Nc1ccc2cnn(-c3ccnc(N)n3)c2c1. The molecule has 84 valence electrons. The number of nitrogen functional groups attached to an aromatic ring is 2. The van der Waals surface area contributed by atoms with Gasteiger partial charge < -0.3 is 11.5 Å². The highest BCUT2D eigenvalue weighted by Crippen LogP contribution is 2.19. The molecule has 6 heteroatoms. The second kappa shape index (κ2) is 3.44. The van der Waals surface area contributed by atoms with E-state index in [4.69, 9.17) is 11.5 Å². The number of hydrogen-bond acceptors (Lipinski definition) is 5. The van der Waals surface area contributed by atoms with Gasteiger partial charge in [-0.3, -0.25) is 0 Å². The van der Waals surface area contributed by atoms with Gasteiger partial charge in [0, 0.05) is 23.3 Å². The molecule has 0 amide bonds. The Balaban J connectivity index is 2.27. The fourth-order valence-electron chi connectivity index (χ4n) is 1.70. The van der Waals surface area contributed by atoms with E-state index in [1.54, 1.807) is 23.1 Å². The maximum absolute atomic E-state index is 5.76. The Morgan fingerprint density at radius 3 is 2.82 bits per heavy atom. The molecule has 2 aromatic heterocycles. The number of benzene rings is 1. The van der Waals surface area contributed by atoms with Gasteiger partial charge in [-0.25, -0.2) is 9.67 Å². The van der Waals surface area contributed by atoms with Crippen molar-refractivity contribution < 1.29 is 0 Å². The van der Waals surface area contributed by atoms with Crippen molar-refractivity contribution >= 4 is 22.5 Å². The fraction of sp³-hybridized carbons (Fsp3) is 0. The molecular formula is C11H10N6. The van der Waals surface area contributed by atoms with Crippen molar-refractivity contribution in [2.45, 2.75) is 0 Å². The summed E-state index contributed by atoms with van der Waals surface area (Å²) in [4.78, 5) is 7.97. The van der Waals surface area contributed by atoms with Crippen LogP contribution in [0.4, 0.5) is 11.6 Å². The van der Waals surface area contributed by atoms with E-state index >= 15 is 0 Å². The summed E-state index contributed by atoms with van der Waals surface area (Å²) in [5.74, 6) is 0.841. The lowest BCUT2D eigenvalue weighted by Crippen LogP contribution is -2.03. The van der Waals surface area contributed by atoms with Gasteiger partial charge in [0.05, 0.1) is 11.7 Å². The van der Waals surface area contributed by atoms with Crippen LogP contribution in [0.3, 0.4) is 0 Å². The van der Waals surface area contributed by atoms with Crippen molar-refractivity contribution in [1.82, 2.24) is 19.7 Å². The number of aromatic nitrogens is 4. The average Bonchev–Trinajstić information content (AvgIpc) is 2.71. The predicted molar refractivity (Wildman–Crippen MR) is 65.5 cm³/mol. The van der Waals surface area contributed by atoms with Crippen LogP contribution >= 0.6 is 0 Å². The lowest BCUT2D eigenvalue weighted by molar-refractivity contribution is 0.869. The molecule has 0 unspecified atom stereocenters. The second-order valence-corrected chi connectivity index (χ2v) is 3.65. The third-order valence-electron chi connectivity index (χ3n) is 2.47. The number of anilines is 2. The minimum Gasteiger partial charge on any atom is -0.399 e. The molecule has 17 heavy (non-hydrogen) atoms. The number of nitrogens with two attached hydrogens (primary N) is 2. The van der Waals surface area contributed by atoms with Crippen LogP contribution < -0.4 is 11.5 Å². The molecule has 4 N–H and O–H groups in total. The lowest BCUT2D eigenvalue weighted by atomic mass is 10.2. The van der Waals surface area contributed by atoms with E-state index in [1.807, 2.05) is 18.2 Å². The van der Waals surface area contributed by atoms with Crippen molar-refractivity contribution in [1.29, 1.82) is 0 Å². The molecule has 0 saturated heterocycles. The van der Waals surface area contributed by atoms with Crippen molar-refractivity contribution in [3.63, 3.8) is 0 Å². The summed E-state index contributed by atoms with van der Waals surface area (Å²) in [6, 6.07) is 7.34. The van der Waals surface area contributed by atoms with E-state index < -0.39 is 0 Å². The summed E-state index contributed by atoms with van der Waals surface area (Å²) in [6.07, 6.45) is 3.35. The first-order chi connectivity index (χ1) is 8.24. The highest BCUT2D eigenvalue weighted by atomic mass is 15.3. The molecule has 1 aromatic carbocycles. The molecule has 3 aromatic rings. The fourth-order valence-corrected chi connectivity index (χ4v) is 1.70. The van der Waals surface area contributed by atoms with Crippen LogP contribution in [0.2, 0.25) is 0 Å². The average molecular weight is 226 g/mol. The molecule has 0 bridgehead atoms. The van der Waals surface area contributed by atoms with Crippen LogP contribution in [-0.4, -0.2) is 19.7 Å². The number of hydrogen-bond donors (Lipinski definition) is 2. The largest absolute Gasteiger partial charge is 0.399 e. The Morgan fingerprint density at radius 1 is 1.12 bits per heavy atom. The summed E-state index contributed by atoms with van der Waals surface area (Å²) in [7, 11) is 0. The van der Waals surface area contributed by atoms with Gasteiger partial charge in [0.15, 0.2) is 5.82 Å². The molecule has 2 heterocycles. The van der Waals surface area contributed by atoms with Crippen molar-refractivity contribution in [3.8, 4) is 5.82 Å². The molecule has 0 fully saturated rings. The predicted octanol–water partition coefficient (Wildman–Crippen LogP) is 0.980. The third kappa shape index (κ3) is 1.55. The molecule has 0 spiro atoms. The first kappa shape index (κ1) is 9.59. The van der Waals surface area contributed by atoms with E-state index in [-0.39, 0.29) is 5.95 Å². The van der Waals surface area contributed by atoms with E-state index in [9.17, 15) is 0 Å². The Labute approximate surface area is 96.9 Å². The van der Waals surface area contributed by atoms with Crippen molar-refractivity contribution in [3.05, 3.63) is 36.7 Å². The van der Waals surface area contributed by atoms with E-state index in [1.165, 1.54) is 0 Å².